The van der Waals surface area contributed by atoms with Crippen molar-refractivity contribution in [2.24, 2.45) is 0 Å². The number of aromatic nitrogens is 2. The lowest BCUT2D eigenvalue weighted by Gasteiger charge is -2.16. The van der Waals surface area contributed by atoms with E-state index in [1.54, 1.807) is 35.8 Å². The lowest BCUT2D eigenvalue weighted by Crippen LogP contribution is -2.31. The van der Waals surface area contributed by atoms with E-state index in [0.717, 1.165) is 37.2 Å². The Hall–Kier alpha value is -2.36. The lowest BCUT2D eigenvalue weighted by molar-refractivity contribution is -0.130. The Bertz CT molecular complexity index is 1230. The van der Waals surface area contributed by atoms with Crippen molar-refractivity contribution >= 4 is 44.6 Å². The molecular weight excluding hydrogens is 456 g/mol. The van der Waals surface area contributed by atoms with Crippen LogP contribution in [0.3, 0.4) is 0 Å². The Morgan fingerprint density at radius 3 is 2.65 bits per heavy atom. The highest BCUT2D eigenvalue weighted by atomic mass is 35.5. The van der Waals surface area contributed by atoms with Crippen molar-refractivity contribution in [3.63, 3.8) is 0 Å². The number of carbonyl (C=O) groups is 1. The maximum absolute atomic E-state index is 13.1. The number of nitrogens with one attached hydrogen (secondary N) is 1. The number of sulfonamides is 1. The van der Waals surface area contributed by atoms with Gasteiger partial charge in [-0.15, -0.1) is 11.3 Å². The molecule has 1 amide bonds. The lowest BCUT2D eigenvalue weighted by atomic mass is 10.2. The van der Waals surface area contributed by atoms with Crippen molar-refractivity contribution in [3.8, 4) is 10.7 Å². The van der Waals surface area contributed by atoms with Crippen LogP contribution in [0.5, 0.6) is 0 Å². The number of nitrogens with zero attached hydrogens (tertiary/aromatic N) is 3. The predicted molar refractivity (Wildman–Crippen MR) is 123 cm³/mol. The van der Waals surface area contributed by atoms with E-state index in [9.17, 15) is 13.2 Å². The summed E-state index contributed by atoms with van der Waals surface area (Å²) in [5.74, 6) is -0.0229. The van der Waals surface area contributed by atoms with Crippen LogP contribution in [0.15, 0.2) is 40.7 Å². The molecule has 0 aliphatic carbocycles. The van der Waals surface area contributed by atoms with Crippen molar-refractivity contribution in [2.75, 3.05) is 17.8 Å². The summed E-state index contributed by atoms with van der Waals surface area (Å²) in [6.45, 7) is 5.24. The number of thiazole rings is 1. The molecule has 0 radical (unpaired) electrons. The number of likely N-dealkylation sites (tertiary alicyclic amines) is 1. The van der Waals surface area contributed by atoms with Crippen molar-refractivity contribution in [1.29, 1.82) is 0 Å². The molecule has 164 valence electrons. The molecule has 7 nitrogen and oxygen atoms in total. The fourth-order valence-corrected chi connectivity index (χ4v) is 5.69. The Morgan fingerprint density at radius 1 is 1.23 bits per heavy atom. The first-order valence-corrected chi connectivity index (χ1v) is 12.7. The van der Waals surface area contributed by atoms with E-state index in [2.05, 4.69) is 9.71 Å². The second-order valence-corrected chi connectivity index (χ2v) is 10.6. The van der Waals surface area contributed by atoms with Crippen molar-refractivity contribution in [2.45, 2.75) is 38.1 Å². The fraction of sp³-hybridized carbons (Fsp3) is 0.333. The number of anilines is 1. The summed E-state index contributed by atoms with van der Waals surface area (Å²) in [5.41, 5.74) is 2.62. The van der Waals surface area contributed by atoms with Gasteiger partial charge in [-0.05, 0) is 50.5 Å². The monoisotopic (exact) mass is 478 g/mol. The van der Waals surface area contributed by atoms with Crippen LogP contribution < -0.4 is 4.72 Å². The summed E-state index contributed by atoms with van der Waals surface area (Å²) in [5, 5.41) is 3.01. The van der Waals surface area contributed by atoms with Crippen molar-refractivity contribution in [1.82, 2.24) is 14.5 Å². The predicted octanol–water partition coefficient (Wildman–Crippen LogP) is 4.31. The van der Waals surface area contributed by atoms with Gasteiger partial charge in [0.25, 0.3) is 10.0 Å². The van der Waals surface area contributed by atoms with Crippen molar-refractivity contribution < 1.29 is 13.2 Å². The van der Waals surface area contributed by atoms with Crippen LogP contribution in [-0.2, 0) is 21.4 Å². The molecular formula is C21H23ClN4O3S2. The summed E-state index contributed by atoms with van der Waals surface area (Å²) in [7, 11) is -3.89. The van der Waals surface area contributed by atoms with Gasteiger partial charge >= 0.3 is 0 Å². The van der Waals surface area contributed by atoms with Gasteiger partial charge in [-0.3, -0.25) is 9.52 Å². The normalized spacial score (nSPS) is 14.2. The number of aryl methyl sites for hydroxylation is 2. The molecule has 1 N–H and O–H groups in total. The number of amides is 1. The molecule has 2 aromatic heterocycles. The Balaban J connectivity index is 1.69. The molecule has 4 rings (SSSR count). The van der Waals surface area contributed by atoms with E-state index >= 15 is 0 Å². The third kappa shape index (κ3) is 4.78. The van der Waals surface area contributed by atoms with Crippen LogP contribution in [0, 0.1) is 13.8 Å². The van der Waals surface area contributed by atoms with E-state index in [1.807, 2.05) is 17.2 Å². The minimum atomic E-state index is -3.89. The first kappa shape index (κ1) is 21.9. The molecule has 1 aromatic carbocycles. The van der Waals surface area contributed by atoms with Crippen LogP contribution in [-0.4, -0.2) is 41.9 Å². The number of rotatable bonds is 6. The van der Waals surface area contributed by atoms with Gasteiger partial charge in [0.15, 0.2) is 0 Å². The number of benzene rings is 1. The van der Waals surface area contributed by atoms with E-state index in [1.165, 1.54) is 17.5 Å². The van der Waals surface area contributed by atoms with Crippen LogP contribution in [0.25, 0.3) is 10.7 Å². The molecule has 1 aliphatic heterocycles. The zero-order valence-corrected chi connectivity index (χ0v) is 19.6. The Morgan fingerprint density at radius 2 is 1.97 bits per heavy atom. The minimum absolute atomic E-state index is 0.0229. The van der Waals surface area contributed by atoms with Gasteiger partial charge in [0.05, 0.1) is 11.4 Å². The molecule has 0 atom stereocenters. The summed E-state index contributed by atoms with van der Waals surface area (Å²) in [6, 6.07) is 6.60. The average Bonchev–Trinajstić information content (AvgIpc) is 3.45. The Labute approximate surface area is 190 Å². The minimum Gasteiger partial charge on any atom is -0.341 e. The maximum atomic E-state index is 13.1. The third-order valence-electron chi connectivity index (χ3n) is 5.23. The van der Waals surface area contributed by atoms with E-state index in [-0.39, 0.29) is 17.3 Å². The van der Waals surface area contributed by atoms with E-state index in [0.29, 0.717) is 21.4 Å². The number of carbonyl (C=O) groups excluding carboxylic acids is 1. The SMILES string of the molecule is Cc1csc(-c2cc(S(=O)(=O)Nc3cc(Cl)ccc3C)cn2CC(=O)N2CCCC2)n1. The molecule has 0 saturated carbocycles. The number of halogens is 1. The molecule has 0 bridgehead atoms. The summed E-state index contributed by atoms with van der Waals surface area (Å²) >= 11 is 7.45. The summed E-state index contributed by atoms with van der Waals surface area (Å²) < 4.78 is 30.5. The smallest absolute Gasteiger partial charge is 0.263 e. The van der Waals surface area contributed by atoms with Crippen LogP contribution in [0.2, 0.25) is 5.02 Å². The van der Waals surface area contributed by atoms with Crippen LogP contribution in [0.4, 0.5) is 5.69 Å². The van der Waals surface area contributed by atoms with Crippen molar-refractivity contribution in [3.05, 3.63) is 52.1 Å². The molecule has 10 heteroatoms. The molecule has 0 unspecified atom stereocenters. The molecule has 3 heterocycles. The van der Waals surface area contributed by atoms with Gasteiger partial charge in [-0.1, -0.05) is 17.7 Å². The van der Waals surface area contributed by atoms with Gasteiger partial charge in [-0.25, -0.2) is 13.4 Å². The molecule has 1 fully saturated rings. The number of hydrogen-bond acceptors (Lipinski definition) is 5. The van der Waals surface area contributed by atoms with Crippen LogP contribution in [0.1, 0.15) is 24.1 Å². The zero-order valence-electron chi connectivity index (χ0n) is 17.3. The number of hydrogen-bond donors (Lipinski definition) is 1. The molecule has 1 saturated heterocycles. The Kier molecular flexibility index (Phi) is 6.09. The second-order valence-electron chi connectivity index (χ2n) is 7.64. The van der Waals surface area contributed by atoms with E-state index in [4.69, 9.17) is 11.6 Å². The first-order chi connectivity index (χ1) is 14.7. The van der Waals surface area contributed by atoms with Gasteiger partial charge < -0.3 is 9.47 Å². The largest absolute Gasteiger partial charge is 0.341 e. The first-order valence-electron chi connectivity index (χ1n) is 9.92. The summed E-state index contributed by atoms with van der Waals surface area (Å²) in [6.07, 6.45) is 3.50. The van der Waals surface area contributed by atoms with Gasteiger partial charge in [0.1, 0.15) is 16.4 Å². The van der Waals surface area contributed by atoms with Gasteiger partial charge in [-0.2, -0.15) is 0 Å². The second kappa shape index (κ2) is 8.64. The third-order valence-corrected chi connectivity index (χ3v) is 7.78. The molecule has 31 heavy (non-hydrogen) atoms. The topological polar surface area (TPSA) is 84.3 Å². The molecule has 1 aliphatic rings. The van der Waals surface area contributed by atoms with Crippen LogP contribution >= 0.6 is 22.9 Å². The maximum Gasteiger partial charge on any atom is 0.263 e. The van der Waals surface area contributed by atoms with Gasteiger partial charge in [0, 0.05) is 35.4 Å². The molecule has 0 spiro atoms. The quantitative estimate of drug-likeness (QED) is 0.572. The zero-order chi connectivity index (χ0) is 22.2. The highest BCUT2D eigenvalue weighted by molar-refractivity contribution is 7.92. The fourth-order valence-electron chi connectivity index (χ4n) is 3.53. The van der Waals surface area contributed by atoms with Gasteiger partial charge in [0.2, 0.25) is 5.91 Å². The highest BCUT2D eigenvalue weighted by Gasteiger charge is 2.24. The average molecular weight is 479 g/mol. The summed E-state index contributed by atoms with van der Waals surface area (Å²) in [4.78, 5) is 19.1. The van der Waals surface area contributed by atoms with E-state index < -0.39 is 10.0 Å². The standard InChI is InChI=1S/C21H23ClN4O3S2/c1-14-5-6-16(22)9-18(14)24-31(28,29)17-10-19(21-23-15(2)13-30-21)26(11-17)12-20(27)25-7-3-4-8-25/h5-6,9-11,13,24H,3-4,7-8,12H2,1-2H3. The highest BCUT2D eigenvalue weighted by Crippen LogP contribution is 2.30. The molecule has 3 aromatic rings.